The smallest absolute Gasteiger partial charge is 0.309 e. The van der Waals surface area contributed by atoms with Gasteiger partial charge in [-0.25, -0.2) is 0 Å². The largest absolute Gasteiger partial charge is 0.465 e. The minimum absolute atomic E-state index is 0.0172. The van der Waals surface area contributed by atoms with Gasteiger partial charge >= 0.3 is 17.9 Å². The first kappa shape index (κ1) is 24.0. The van der Waals surface area contributed by atoms with Gasteiger partial charge in [0.15, 0.2) is 12.4 Å². The summed E-state index contributed by atoms with van der Waals surface area (Å²) in [5, 5.41) is 0. The van der Waals surface area contributed by atoms with E-state index in [2.05, 4.69) is 13.8 Å². The van der Waals surface area contributed by atoms with E-state index in [-0.39, 0.29) is 35.2 Å². The average molecular weight is 481 g/mol. The van der Waals surface area contributed by atoms with Gasteiger partial charge in [-0.15, -0.1) is 0 Å². The lowest BCUT2D eigenvalue weighted by Gasteiger charge is -2.69. The number of carbonyl (C=O) groups excluding carboxylic acids is 3. The molecule has 2 bridgehead atoms. The summed E-state index contributed by atoms with van der Waals surface area (Å²) in [6.07, 6.45) is 1.44. The van der Waals surface area contributed by atoms with E-state index < -0.39 is 41.5 Å². The van der Waals surface area contributed by atoms with Gasteiger partial charge in [-0.1, -0.05) is 13.8 Å². The molecule has 6 aliphatic rings. The number of esters is 3. The SMILES string of the molecule is CO[C@H]1O[C@@H]2C[C@@H]3[C@@](C)(CC[C@H]4CCOC4=O)[C@H](C)[C@@H](OC(C)=O)[C@H](OC(C)=O)[C@]13[C@@]1(CO1)C2. The third kappa shape index (κ3) is 3.26. The third-order valence-electron chi connectivity index (χ3n) is 9.60. The number of methoxy groups -OCH3 is 1. The van der Waals surface area contributed by atoms with Crippen LogP contribution in [0.25, 0.3) is 0 Å². The second-order valence-corrected chi connectivity index (χ2v) is 11.1. The number of hydrogen-bond donors (Lipinski definition) is 0. The molecule has 0 aromatic rings. The van der Waals surface area contributed by atoms with Crippen LogP contribution in [0.1, 0.15) is 59.8 Å². The summed E-state index contributed by atoms with van der Waals surface area (Å²) in [5.74, 6) is -1.26. The molecule has 0 radical (unpaired) electrons. The molecule has 2 spiro atoms. The zero-order valence-electron chi connectivity index (χ0n) is 20.7. The maximum absolute atomic E-state index is 12.4. The number of cyclic esters (lactones) is 1. The summed E-state index contributed by atoms with van der Waals surface area (Å²) in [7, 11) is 1.60. The number of carbonyl (C=O) groups is 3. The van der Waals surface area contributed by atoms with Crippen LogP contribution in [-0.4, -0.2) is 68.4 Å². The molecule has 9 heteroatoms. The fourth-order valence-corrected chi connectivity index (χ4v) is 7.90. The van der Waals surface area contributed by atoms with E-state index in [4.69, 9.17) is 28.4 Å². The van der Waals surface area contributed by atoms with Crippen LogP contribution in [0.15, 0.2) is 0 Å². The van der Waals surface area contributed by atoms with Crippen LogP contribution in [0.5, 0.6) is 0 Å². The van der Waals surface area contributed by atoms with Crippen molar-refractivity contribution in [2.75, 3.05) is 20.3 Å². The van der Waals surface area contributed by atoms with Crippen LogP contribution >= 0.6 is 0 Å². The zero-order chi connectivity index (χ0) is 24.5. The Labute approximate surface area is 200 Å². The van der Waals surface area contributed by atoms with Crippen LogP contribution in [0.2, 0.25) is 0 Å². The Hall–Kier alpha value is -1.71. The van der Waals surface area contributed by atoms with Crippen molar-refractivity contribution in [3.05, 3.63) is 0 Å². The van der Waals surface area contributed by atoms with Crippen LogP contribution < -0.4 is 0 Å². The highest BCUT2D eigenvalue weighted by Gasteiger charge is 2.83. The molecule has 4 heterocycles. The molecule has 6 fully saturated rings. The Morgan fingerprint density at radius 1 is 1.18 bits per heavy atom. The van der Waals surface area contributed by atoms with Crippen molar-refractivity contribution in [3.63, 3.8) is 0 Å². The first-order valence-electron chi connectivity index (χ1n) is 12.4. The van der Waals surface area contributed by atoms with Crippen molar-refractivity contribution in [1.29, 1.82) is 0 Å². The first-order chi connectivity index (χ1) is 16.1. The summed E-state index contributed by atoms with van der Waals surface area (Å²) in [6, 6.07) is 0. The van der Waals surface area contributed by atoms with Gasteiger partial charge < -0.3 is 28.4 Å². The summed E-state index contributed by atoms with van der Waals surface area (Å²) in [5.41, 5.74) is -1.75. The average Bonchev–Trinajstić information content (AvgIpc) is 3.42. The molecular formula is C25H36O9. The molecule has 2 aliphatic carbocycles. The Bertz CT molecular complexity index is 868. The van der Waals surface area contributed by atoms with E-state index in [9.17, 15) is 14.4 Å². The second kappa shape index (κ2) is 8.17. The maximum atomic E-state index is 12.4. The van der Waals surface area contributed by atoms with Gasteiger partial charge in [0.2, 0.25) is 0 Å². The van der Waals surface area contributed by atoms with Gasteiger partial charge in [0.05, 0.1) is 30.7 Å². The van der Waals surface area contributed by atoms with E-state index in [1.807, 2.05) is 0 Å². The maximum Gasteiger partial charge on any atom is 0.309 e. The Morgan fingerprint density at radius 3 is 2.44 bits per heavy atom. The van der Waals surface area contributed by atoms with Gasteiger partial charge in [0.1, 0.15) is 11.7 Å². The van der Waals surface area contributed by atoms with Crippen molar-refractivity contribution >= 4 is 17.9 Å². The monoisotopic (exact) mass is 480 g/mol. The summed E-state index contributed by atoms with van der Waals surface area (Å²) in [4.78, 5) is 36.9. The predicted octanol–water partition coefficient (Wildman–Crippen LogP) is 2.39. The van der Waals surface area contributed by atoms with Crippen molar-refractivity contribution in [2.45, 2.75) is 90.0 Å². The van der Waals surface area contributed by atoms with Crippen molar-refractivity contribution in [1.82, 2.24) is 0 Å². The third-order valence-corrected chi connectivity index (χ3v) is 9.60. The molecule has 4 saturated heterocycles. The molecule has 4 aliphatic heterocycles. The lowest BCUT2D eigenvalue weighted by molar-refractivity contribution is -0.386. The van der Waals surface area contributed by atoms with Crippen molar-refractivity contribution in [3.8, 4) is 0 Å². The van der Waals surface area contributed by atoms with Gasteiger partial charge in [-0.05, 0) is 37.0 Å². The van der Waals surface area contributed by atoms with Crippen LogP contribution in [0.4, 0.5) is 0 Å². The molecule has 190 valence electrons. The van der Waals surface area contributed by atoms with Crippen molar-refractivity contribution < 1.29 is 42.8 Å². The lowest BCUT2D eigenvalue weighted by Crippen LogP contribution is -2.78. The van der Waals surface area contributed by atoms with E-state index in [1.165, 1.54) is 13.8 Å². The molecule has 6 rings (SSSR count). The molecule has 0 N–H and O–H groups in total. The normalized spacial score (nSPS) is 48.9. The highest BCUT2D eigenvalue weighted by Crippen LogP contribution is 2.73. The van der Waals surface area contributed by atoms with Crippen LogP contribution in [0, 0.1) is 28.6 Å². The molecule has 0 unspecified atom stereocenters. The standard InChI is InChI=1S/C25H36O9/c1-13-19(32-14(2)26)20(33-15(3)27)25-18(23(13,4)8-6-16-7-9-30-21(16)28)10-17(34-22(25)29-5)11-24(25)12-31-24/h13,16-20,22H,6-12H2,1-5H3/t13-,16+,17-,18-,19-,20+,22+,23+,24+,25+/m1/s1. The minimum Gasteiger partial charge on any atom is -0.465 e. The number of epoxide rings is 1. The van der Waals surface area contributed by atoms with E-state index in [1.54, 1.807) is 7.11 Å². The predicted molar refractivity (Wildman–Crippen MR) is 116 cm³/mol. The van der Waals surface area contributed by atoms with Gasteiger partial charge in [0, 0.05) is 33.3 Å². The fourth-order valence-electron chi connectivity index (χ4n) is 7.90. The summed E-state index contributed by atoms with van der Waals surface area (Å²) in [6.45, 7) is 8.01. The Kier molecular flexibility index (Phi) is 5.77. The highest BCUT2D eigenvalue weighted by atomic mass is 16.7. The number of hydrogen-bond acceptors (Lipinski definition) is 9. The fraction of sp³-hybridized carbons (Fsp3) is 0.880. The highest BCUT2D eigenvalue weighted by molar-refractivity contribution is 5.74. The molecule has 10 atom stereocenters. The lowest BCUT2D eigenvalue weighted by atomic mass is 9.40. The van der Waals surface area contributed by atoms with Crippen molar-refractivity contribution in [2.24, 2.45) is 28.6 Å². The first-order valence-corrected chi connectivity index (χ1v) is 12.4. The number of rotatable bonds is 6. The molecular weight excluding hydrogens is 444 g/mol. The van der Waals surface area contributed by atoms with Crippen LogP contribution in [0.3, 0.4) is 0 Å². The Morgan fingerprint density at radius 2 is 1.88 bits per heavy atom. The van der Waals surface area contributed by atoms with E-state index >= 15 is 0 Å². The topological polar surface area (TPSA) is 110 Å². The zero-order valence-corrected chi connectivity index (χ0v) is 20.7. The van der Waals surface area contributed by atoms with E-state index in [0.717, 1.165) is 19.3 Å². The summed E-state index contributed by atoms with van der Waals surface area (Å²) >= 11 is 0. The van der Waals surface area contributed by atoms with Gasteiger partial charge in [-0.3, -0.25) is 14.4 Å². The van der Waals surface area contributed by atoms with Crippen LogP contribution in [-0.2, 0) is 42.8 Å². The quantitative estimate of drug-likeness (QED) is 0.321. The summed E-state index contributed by atoms with van der Waals surface area (Å²) < 4.78 is 35.7. The van der Waals surface area contributed by atoms with Gasteiger partial charge in [-0.2, -0.15) is 0 Å². The molecule has 0 aromatic heterocycles. The molecule has 9 nitrogen and oxygen atoms in total. The minimum atomic E-state index is -0.834. The second-order valence-electron chi connectivity index (χ2n) is 11.1. The molecule has 0 aromatic carbocycles. The molecule has 0 amide bonds. The molecule has 34 heavy (non-hydrogen) atoms. The number of ether oxygens (including phenoxy) is 6. The van der Waals surface area contributed by atoms with E-state index in [0.29, 0.717) is 26.1 Å². The number of fused-ring (bicyclic) bond motifs is 1. The Balaban J connectivity index is 1.62. The molecule has 2 saturated carbocycles. The van der Waals surface area contributed by atoms with Gasteiger partial charge in [0.25, 0.3) is 0 Å².